The molecule has 0 amide bonds. The first kappa shape index (κ1) is 29.6. The fraction of sp³-hybridized carbons (Fsp3) is 0.140. The molecule has 8 bridgehead atoms. The lowest BCUT2D eigenvalue weighted by Crippen LogP contribution is -2.18. The molecule has 230 valence electrons. The zero-order chi connectivity index (χ0) is 32.3. The average molecular weight is 645 g/mol. The standard InChI is InChI=1S/C43H36N2S2/c1-26-6-12-29(13-7-26)40-32-18-19-33(44-32)41(30-14-8-27(2)9-15-30)37-23-25-39(47-37)43(4,5)38-24-20-34(45-38)42(36-22-21-35(40)46-36)31-16-10-28(3)11-17-31/h6-25,45H,1-5H3/b40-35-,41-33-,42-36-. The summed E-state index contributed by atoms with van der Waals surface area (Å²) in [5.74, 6) is 0. The Kier molecular flexibility index (Phi) is 7.24. The molecule has 0 saturated heterocycles. The van der Waals surface area contributed by atoms with Gasteiger partial charge in [0.25, 0.3) is 0 Å². The van der Waals surface area contributed by atoms with E-state index in [2.05, 4.69) is 161 Å². The van der Waals surface area contributed by atoms with Crippen LogP contribution >= 0.6 is 22.7 Å². The summed E-state index contributed by atoms with van der Waals surface area (Å²) in [5.41, 5.74) is 15.0. The smallest absolute Gasteiger partial charge is 0.0730 e. The largest absolute Gasteiger partial charge is 0.358 e. The molecule has 47 heavy (non-hydrogen) atoms. The maximum Gasteiger partial charge on any atom is 0.0730 e. The highest BCUT2D eigenvalue weighted by Gasteiger charge is 2.29. The highest BCUT2D eigenvalue weighted by Crippen LogP contribution is 2.41. The van der Waals surface area contributed by atoms with Gasteiger partial charge in [-0.05, 0) is 99.9 Å². The van der Waals surface area contributed by atoms with Crippen molar-refractivity contribution in [2.45, 2.75) is 40.0 Å². The number of hydrogen-bond acceptors (Lipinski definition) is 3. The quantitative estimate of drug-likeness (QED) is 0.199. The molecule has 3 aromatic carbocycles. The number of fused-ring (bicyclic) bond motifs is 7. The zero-order valence-corrected chi connectivity index (χ0v) is 28.9. The molecular weight excluding hydrogens is 609 g/mol. The second-order valence-electron chi connectivity index (χ2n) is 13.2. The summed E-state index contributed by atoms with van der Waals surface area (Å²) in [5, 5.41) is 0. The van der Waals surface area contributed by atoms with Gasteiger partial charge < -0.3 is 4.98 Å². The molecule has 5 heterocycles. The Morgan fingerprint density at radius 2 is 1.09 bits per heavy atom. The third kappa shape index (κ3) is 5.32. The number of aromatic amines is 1. The number of hydrogen-bond donors (Lipinski definition) is 1. The van der Waals surface area contributed by atoms with Crippen molar-refractivity contribution in [3.05, 3.63) is 191 Å². The van der Waals surface area contributed by atoms with Crippen LogP contribution in [-0.2, 0) is 5.41 Å². The van der Waals surface area contributed by atoms with E-state index in [0.29, 0.717) is 0 Å². The van der Waals surface area contributed by atoms with Crippen LogP contribution in [0.15, 0.2) is 132 Å². The number of allylic oxidation sites excluding steroid dienone is 2. The first-order valence-electron chi connectivity index (χ1n) is 16.1. The molecule has 6 aromatic rings. The maximum atomic E-state index is 5.43. The Morgan fingerprint density at radius 3 is 1.70 bits per heavy atom. The van der Waals surface area contributed by atoms with Gasteiger partial charge in [0.1, 0.15) is 0 Å². The van der Waals surface area contributed by atoms with Crippen molar-refractivity contribution in [3.63, 3.8) is 0 Å². The number of benzene rings is 3. The van der Waals surface area contributed by atoms with Crippen LogP contribution in [0, 0.1) is 20.8 Å². The van der Waals surface area contributed by atoms with Crippen molar-refractivity contribution in [1.82, 2.24) is 4.98 Å². The second kappa shape index (κ2) is 11.5. The second-order valence-corrected chi connectivity index (χ2v) is 15.3. The molecule has 0 unspecified atom stereocenters. The van der Waals surface area contributed by atoms with Crippen molar-refractivity contribution in [2.24, 2.45) is 4.99 Å². The number of nitrogens with one attached hydrogen (secondary N) is 1. The Labute approximate surface area is 284 Å². The van der Waals surface area contributed by atoms with Crippen LogP contribution in [-0.4, -0.2) is 10.7 Å². The van der Waals surface area contributed by atoms with Crippen LogP contribution in [0.5, 0.6) is 0 Å². The average Bonchev–Trinajstić information content (AvgIpc) is 3.89. The lowest BCUT2D eigenvalue weighted by molar-refractivity contribution is 0.635. The minimum absolute atomic E-state index is 0.216. The molecule has 0 saturated carbocycles. The number of aromatic nitrogens is 1. The van der Waals surface area contributed by atoms with Gasteiger partial charge in [-0.25, -0.2) is 4.99 Å². The normalized spacial score (nSPS) is 19.2. The summed E-state index contributed by atoms with van der Waals surface area (Å²) in [7, 11) is 0. The molecule has 0 fully saturated rings. The molecule has 0 radical (unpaired) electrons. The molecule has 8 rings (SSSR count). The van der Waals surface area contributed by atoms with Gasteiger partial charge >= 0.3 is 0 Å². The molecule has 2 nitrogen and oxygen atoms in total. The van der Waals surface area contributed by atoms with Crippen LogP contribution in [0.25, 0.3) is 16.7 Å². The van der Waals surface area contributed by atoms with E-state index in [1.54, 1.807) is 0 Å². The topological polar surface area (TPSA) is 28.1 Å². The zero-order valence-electron chi connectivity index (χ0n) is 27.3. The van der Waals surface area contributed by atoms with Gasteiger partial charge in [-0.1, -0.05) is 89.5 Å². The van der Waals surface area contributed by atoms with Crippen molar-refractivity contribution in [1.29, 1.82) is 0 Å². The lowest BCUT2D eigenvalue weighted by Gasteiger charge is -2.22. The van der Waals surface area contributed by atoms with E-state index in [0.717, 1.165) is 22.7 Å². The van der Waals surface area contributed by atoms with E-state index < -0.39 is 0 Å². The summed E-state index contributed by atoms with van der Waals surface area (Å²) in [4.78, 5) is 11.9. The molecule has 4 heteroatoms. The van der Waals surface area contributed by atoms with Crippen molar-refractivity contribution in [3.8, 4) is 0 Å². The lowest BCUT2D eigenvalue weighted by atomic mass is 9.88. The number of aryl methyl sites for hydroxylation is 3. The molecule has 0 aliphatic carbocycles. The van der Waals surface area contributed by atoms with E-state index in [1.807, 2.05) is 22.7 Å². The van der Waals surface area contributed by atoms with E-state index in [9.17, 15) is 0 Å². The van der Waals surface area contributed by atoms with Crippen LogP contribution in [0.1, 0.15) is 68.4 Å². The number of aliphatic imine (C=N–C) groups is 1. The van der Waals surface area contributed by atoms with Crippen molar-refractivity contribution >= 4 is 45.1 Å². The highest BCUT2D eigenvalue weighted by atomic mass is 32.1. The Bertz CT molecular complexity index is 2370. The predicted molar refractivity (Wildman–Crippen MR) is 201 cm³/mol. The Balaban J connectivity index is 1.49. The molecule has 1 N–H and O–H groups in total. The third-order valence-electron chi connectivity index (χ3n) is 9.37. The van der Waals surface area contributed by atoms with Gasteiger partial charge in [0.05, 0.1) is 11.4 Å². The van der Waals surface area contributed by atoms with Crippen LogP contribution in [0.2, 0.25) is 0 Å². The fourth-order valence-electron chi connectivity index (χ4n) is 6.52. The minimum Gasteiger partial charge on any atom is -0.358 e. The van der Waals surface area contributed by atoms with Crippen LogP contribution < -0.4 is 9.06 Å². The van der Waals surface area contributed by atoms with E-state index in [-0.39, 0.29) is 5.41 Å². The molecule has 2 aliphatic rings. The Morgan fingerprint density at radius 1 is 0.532 bits per heavy atom. The van der Waals surface area contributed by atoms with Gasteiger partial charge in [-0.15, -0.1) is 22.7 Å². The number of nitrogens with zero attached hydrogens (tertiary/aromatic N) is 1. The SMILES string of the molecule is Cc1ccc(/C2=C3\C=CC(=N3)/C(c3ccc(C)cc3)=c3/cc/c(s3)=C(\c3ccc(C)cc3)c3ccc([nH]3)C(C)(C)c3ccc2s3)cc1. The van der Waals surface area contributed by atoms with Gasteiger partial charge in [-0.3, -0.25) is 0 Å². The summed E-state index contributed by atoms with van der Waals surface area (Å²) in [6.45, 7) is 11.1. The number of rotatable bonds is 3. The van der Waals surface area contributed by atoms with Gasteiger partial charge in [-0.2, -0.15) is 0 Å². The van der Waals surface area contributed by atoms with Crippen LogP contribution in [0.3, 0.4) is 0 Å². The van der Waals surface area contributed by atoms with E-state index in [1.165, 1.54) is 69.0 Å². The van der Waals surface area contributed by atoms with E-state index >= 15 is 0 Å². The first-order chi connectivity index (χ1) is 22.7. The maximum absolute atomic E-state index is 5.43. The highest BCUT2D eigenvalue weighted by molar-refractivity contribution is 7.13. The Hall–Kier alpha value is -4.77. The first-order valence-corrected chi connectivity index (χ1v) is 17.8. The molecule has 2 aliphatic heterocycles. The van der Waals surface area contributed by atoms with Crippen LogP contribution in [0.4, 0.5) is 0 Å². The fourth-order valence-corrected chi connectivity index (χ4v) is 8.88. The van der Waals surface area contributed by atoms with Gasteiger partial charge in [0, 0.05) is 52.3 Å². The molecule has 0 spiro atoms. The third-order valence-corrected chi connectivity index (χ3v) is 11.9. The molecular formula is C43H36N2S2. The summed E-state index contributed by atoms with van der Waals surface area (Å²) >= 11 is 3.70. The summed E-state index contributed by atoms with van der Waals surface area (Å²) in [6, 6.07) is 40.3. The van der Waals surface area contributed by atoms with Gasteiger partial charge in [0.15, 0.2) is 0 Å². The molecule has 3 aromatic heterocycles. The summed E-state index contributed by atoms with van der Waals surface area (Å²) in [6.07, 6.45) is 4.41. The van der Waals surface area contributed by atoms with Crippen molar-refractivity contribution < 1.29 is 0 Å². The minimum atomic E-state index is -0.216. The summed E-state index contributed by atoms with van der Waals surface area (Å²) < 4.78 is 2.43. The monoisotopic (exact) mass is 644 g/mol. The molecule has 0 atom stereocenters. The number of thiophene rings is 2. The predicted octanol–water partition coefficient (Wildman–Crippen LogP) is 9.62. The van der Waals surface area contributed by atoms with Gasteiger partial charge in [0.2, 0.25) is 0 Å². The van der Waals surface area contributed by atoms with E-state index in [4.69, 9.17) is 4.99 Å². The number of H-pyrrole nitrogens is 1. The van der Waals surface area contributed by atoms with Crippen molar-refractivity contribution in [2.75, 3.05) is 0 Å².